The van der Waals surface area contributed by atoms with E-state index in [1.54, 1.807) is 13.0 Å². The number of hydrogen-bond acceptors (Lipinski definition) is 6. The van der Waals surface area contributed by atoms with Crippen molar-refractivity contribution >= 4 is 23.2 Å². The fourth-order valence-corrected chi connectivity index (χ4v) is 3.41. The van der Waals surface area contributed by atoms with Gasteiger partial charge in [0.25, 0.3) is 5.91 Å². The molecule has 6 nitrogen and oxygen atoms in total. The van der Waals surface area contributed by atoms with E-state index in [0.717, 1.165) is 16.2 Å². The quantitative estimate of drug-likeness (QED) is 0.766. The summed E-state index contributed by atoms with van der Waals surface area (Å²) in [6.45, 7) is 7.19. The van der Waals surface area contributed by atoms with Crippen LogP contribution in [0.5, 0.6) is 11.5 Å². The number of carbonyl (C=O) groups is 2. The Labute approximate surface area is 162 Å². The van der Waals surface area contributed by atoms with Crippen LogP contribution in [0.4, 0.5) is 0 Å². The molecule has 2 heterocycles. The second kappa shape index (κ2) is 8.43. The van der Waals surface area contributed by atoms with Gasteiger partial charge in [0.2, 0.25) is 0 Å². The number of hydrogen-bond donors (Lipinski definition) is 1. The van der Waals surface area contributed by atoms with Crippen molar-refractivity contribution in [1.82, 2.24) is 5.32 Å². The summed E-state index contributed by atoms with van der Waals surface area (Å²) in [6.07, 6.45) is -0.837. The molecule has 3 rings (SSSR count). The van der Waals surface area contributed by atoms with Gasteiger partial charge in [-0.25, -0.2) is 4.79 Å². The Bertz CT molecular complexity index is 830. The van der Waals surface area contributed by atoms with Crippen LogP contribution in [0.2, 0.25) is 0 Å². The van der Waals surface area contributed by atoms with E-state index in [-0.39, 0.29) is 5.91 Å². The van der Waals surface area contributed by atoms with Crippen LogP contribution in [0.1, 0.15) is 30.4 Å². The molecule has 1 amide bonds. The molecule has 144 valence electrons. The van der Waals surface area contributed by atoms with Crippen molar-refractivity contribution in [2.75, 3.05) is 19.8 Å². The summed E-state index contributed by atoms with van der Waals surface area (Å²) in [5.74, 6) is 0.966. The predicted octanol–water partition coefficient (Wildman–Crippen LogP) is 3.50. The zero-order valence-electron chi connectivity index (χ0n) is 15.6. The average Bonchev–Trinajstić information content (AvgIpc) is 3.16. The third-order valence-electron chi connectivity index (χ3n) is 3.97. The van der Waals surface area contributed by atoms with Crippen molar-refractivity contribution in [1.29, 1.82) is 0 Å². The lowest BCUT2D eigenvalue weighted by Gasteiger charge is -2.18. The molecule has 0 saturated heterocycles. The lowest BCUT2D eigenvalue weighted by Crippen LogP contribution is -2.37. The molecule has 0 bridgehead atoms. The maximum absolute atomic E-state index is 12.3. The van der Waals surface area contributed by atoms with Crippen LogP contribution in [0.3, 0.4) is 0 Å². The number of carbonyl (C=O) groups excluding carboxylic acids is 2. The molecule has 0 radical (unpaired) electrons. The predicted molar refractivity (Wildman–Crippen MR) is 103 cm³/mol. The SMILES string of the molecule is CC(C)CNC(=O)C(C)OC(=O)c1ccc(-c2ccc3c(c2)OCCO3)s1. The van der Waals surface area contributed by atoms with Gasteiger partial charge in [-0.1, -0.05) is 13.8 Å². The van der Waals surface area contributed by atoms with Crippen molar-refractivity contribution < 1.29 is 23.8 Å². The Morgan fingerprint density at radius 3 is 2.59 bits per heavy atom. The highest BCUT2D eigenvalue weighted by Crippen LogP contribution is 2.37. The smallest absolute Gasteiger partial charge is 0.349 e. The third-order valence-corrected chi connectivity index (χ3v) is 5.09. The summed E-state index contributed by atoms with van der Waals surface area (Å²) in [7, 11) is 0. The lowest BCUT2D eigenvalue weighted by molar-refractivity contribution is -0.129. The summed E-state index contributed by atoms with van der Waals surface area (Å²) < 4.78 is 16.4. The first-order valence-electron chi connectivity index (χ1n) is 8.92. The van der Waals surface area contributed by atoms with E-state index >= 15 is 0 Å². The minimum Gasteiger partial charge on any atom is -0.486 e. The molecule has 0 saturated carbocycles. The van der Waals surface area contributed by atoms with E-state index in [1.807, 2.05) is 38.1 Å². The molecule has 1 atom stereocenters. The molecular weight excluding hydrogens is 366 g/mol. The molecule has 1 aromatic heterocycles. The van der Waals surface area contributed by atoms with E-state index < -0.39 is 12.1 Å². The van der Waals surface area contributed by atoms with E-state index in [1.165, 1.54) is 11.3 Å². The number of nitrogens with one attached hydrogen (secondary N) is 1. The minimum atomic E-state index is -0.837. The normalized spacial score (nSPS) is 13.9. The summed E-state index contributed by atoms with van der Waals surface area (Å²) in [5.41, 5.74) is 0.936. The van der Waals surface area contributed by atoms with Gasteiger partial charge in [-0.05, 0) is 48.7 Å². The number of fused-ring (bicyclic) bond motifs is 1. The highest BCUT2D eigenvalue weighted by Gasteiger charge is 2.21. The number of ether oxygens (including phenoxy) is 3. The summed E-state index contributed by atoms with van der Waals surface area (Å²) in [4.78, 5) is 25.7. The van der Waals surface area contributed by atoms with Crippen molar-refractivity contribution in [3.8, 4) is 21.9 Å². The Balaban J connectivity index is 1.65. The summed E-state index contributed by atoms with van der Waals surface area (Å²) in [5, 5.41) is 2.76. The standard InChI is InChI=1S/C20H23NO5S/c1-12(2)11-21-19(22)13(3)26-20(23)18-7-6-17(27-18)14-4-5-15-16(10-14)25-9-8-24-15/h4-7,10,12-13H,8-9,11H2,1-3H3,(H,21,22). The van der Waals surface area contributed by atoms with Gasteiger partial charge in [-0.2, -0.15) is 0 Å². The molecule has 1 aliphatic heterocycles. The maximum Gasteiger partial charge on any atom is 0.349 e. The number of rotatable bonds is 6. The molecule has 1 aliphatic rings. The maximum atomic E-state index is 12.3. The topological polar surface area (TPSA) is 73.9 Å². The van der Waals surface area contributed by atoms with Crippen molar-refractivity contribution in [2.45, 2.75) is 26.9 Å². The molecule has 7 heteroatoms. The van der Waals surface area contributed by atoms with Crippen LogP contribution >= 0.6 is 11.3 Å². The van der Waals surface area contributed by atoms with E-state index in [9.17, 15) is 9.59 Å². The molecule has 2 aromatic rings. The molecule has 1 aromatic carbocycles. The van der Waals surface area contributed by atoms with E-state index in [4.69, 9.17) is 14.2 Å². The zero-order valence-corrected chi connectivity index (χ0v) is 16.4. The number of benzene rings is 1. The number of thiophene rings is 1. The van der Waals surface area contributed by atoms with E-state index in [0.29, 0.717) is 36.3 Å². The monoisotopic (exact) mass is 389 g/mol. The molecule has 1 unspecified atom stereocenters. The largest absolute Gasteiger partial charge is 0.486 e. The van der Waals surface area contributed by atoms with Gasteiger partial charge in [0, 0.05) is 11.4 Å². The van der Waals surface area contributed by atoms with Crippen LogP contribution in [-0.4, -0.2) is 37.7 Å². The summed E-state index contributed by atoms with van der Waals surface area (Å²) >= 11 is 1.31. The van der Waals surface area contributed by atoms with Gasteiger partial charge < -0.3 is 19.5 Å². The molecule has 1 N–H and O–H groups in total. The Morgan fingerprint density at radius 1 is 1.11 bits per heavy atom. The van der Waals surface area contributed by atoms with Gasteiger partial charge in [-0.15, -0.1) is 11.3 Å². The molecule has 0 spiro atoms. The van der Waals surface area contributed by atoms with Gasteiger partial charge in [0.05, 0.1) is 0 Å². The molecule has 0 fully saturated rings. The minimum absolute atomic E-state index is 0.291. The molecule has 27 heavy (non-hydrogen) atoms. The van der Waals surface area contributed by atoms with Crippen LogP contribution in [0.15, 0.2) is 30.3 Å². The van der Waals surface area contributed by atoms with Crippen LogP contribution in [0.25, 0.3) is 10.4 Å². The average molecular weight is 389 g/mol. The third kappa shape index (κ3) is 4.80. The highest BCUT2D eigenvalue weighted by atomic mass is 32.1. The van der Waals surface area contributed by atoms with Crippen LogP contribution in [-0.2, 0) is 9.53 Å². The van der Waals surface area contributed by atoms with Gasteiger partial charge >= 0.3 is 5.97 Å². The lowest BCUT2D eigenvalue weighted by atomic mass is 10.1. The highest BCUT2D eigenvalue weighted by molar-refractivity contribution is 7.17. The first-order chi connectivity index (χ1) is 12.9. The second-order valence-corrected chi connectivity index (χ2v) is 7.79. The van der Waals surface area contributed by atoms with Gasteiger partial charge in [-0.3, -0.25) is 4.79 Å². The fourth-order valence-electron chi connectivity index (χ4n) is 2.52. The second-order valence-electron chi connectivity index (χ2n) is 6.71. The Hall–Kier alpha value is -2.54. The van der Waals surface area contributed by atoms with Crippen molar-refractivity contribution in [3.05, 3.63) is 35.2 Å². The Morgan fingerprint density at radius 2 is 1.85 bits per heavy atom. The molecule has 0 aliphatic carbocycles. The van der Waals surface area contributed by atoms with Gasteiger partial charge in [0.15, 0.2) is 17.6 Å². The molecular formula is C20H23NO5S. The van der Waals surface area contributed by atoms with E-state index in [2.05, 4.69) is 5.32 Å². The number of amides is 1. The first kappa shape index (κ1) is 19.2. The number of esters is 1. The van der Waals surface area contributed by atoms with Crippen molar-refractivity contribution in [3.63, 3.8) is 0 Å². The summed E-state index contributed by atoms with van der Waals surface area (Å²) in [6, 6.07) is 9.25. The van der Waals surface area contributed by atoms with Gasteiger partial charge in [0.1, 0.15) is 18.1 Å². The first-order valence-corrected chi connectivity index (χ1v) is 9.74. The Kier molecular flexibility index (Phi) is 6.01. The van der Waals surface area contributed by atoms with Crippen LogP contribution in [0, 0.1) is 5.92 Å². The van der Waals surface area contributed by atoms with Crippen LogP contribution < -0.4 is 14.8 Å². The van der Waals surface area contributed by atoms with Crippen molar-refractivity contribution in [2.24, 2.45) is 5.92 Å². The fraction of sp³-hybridized carbons (Fsp3) is 0.400. The zero-order chi connectivity index (χ0) is 19.4.